The van der Waals surface area contributed by atoms with Gasteiger partial charge in [0, 0.05) is 56.3 Å². The molecule has 0 spiro atoms. The van der Waals surface area contributed by atoms with Gasteiger partial charge in [0.25, 0.3) is 5.91 Å². The van der Waals surface area contributed by atoms with Crippen molar-refractivity contribution in [1.82, 2.24) is 34.1 Å². The predicted octanol–water partition coefficient (Wildman–Crippen LogP) is 5.16. The molecule has 2 N–H and O–H groups in total. The molecule has 8 rings (SSSR count). The number of carbonyl (C=O) groups is 3. The highest BCUT2D eigenvalue weighted by Crippen LogP contribution is 2.38. The molecule has 2 aliphatic heterocycles. The number of nitrogens with zero attached hydrogens (tertiary/aromatic N) is 6. The quantitative estimate of drug-likeness (QED) is 0.222. The fourth-order valence-corrected chi connectivity index (χ4v) is 8.12. The molecule has 1 aliphatic carbocycles. The van der Waals surface area contributed by atoms with Gasteiger partial charge >= 0.3 is 11.9 Å². The number of imidazole rings is 1. The Morgan fingerprint density at radius 1 is 0.981 bits per heavy atom. The summed E-state index contributed by atoms with van der Waals surface area (Å²) in [5.41, 5.74) is 2.18. The zero-order valence-corrected chi connectivity index (χ0v) is 28.4. The average molecular weight is 715 g/mol. The number of fused-ring (bicyclic) bond motifs is 2. The number of imide groups is 1. The van der Waals surface area contributed by atoms with Gasteiger partial charge in [0.15, 0.2) is 0 Å². The zero-order valence-electron chi connectivity index (χ0n) is 28.4. The lowest BCUT2D eigenvalue weighted by atomic mass is 9.83. The molecule has 0 radical (unpaired) electrons. The molecule has 5 aromatic rings. The number of aryl methyl sites for hydroxylation is 1. The number of alkyl halides is 3. The Kier molecular flexibility index (Phi) is 8.47. The van der Waals surface area contributed by atoms with Crippen molar-refractivity contribution in [2.75, 3.05) is 25.0 Å². The fourth-order valence-electron chi connectivity index (χ4n) is 8.12. The number of anilines is 1. The van der Waals surface area contributed by atoms with Crippen LogP contribution in [0.25, 0.3) is 21.9 Å². The largest absolute Gasteiger partial charge is 0.433 e. The Balaban J connectivity index is 0.866. The van der Waals surface area contributed by atoms with Crippen molar-refractivity contribution >= 4 is 45.3 Å². The first-order valence-electron chi connectivity index (χ1n) is 17.5. The van der Waals surface area contributed by atoms with Crippen LogP contribution in [0.4, 0.5) is 18.9 Å². The number of para-hydroxylation sites is 1. The maximum absolute atomic E-state index is 13.3. The van der Waals surface area contributed by atoms with E-state index in [9.17, 15) is 32.3 Å². The third-order valence-corrected chi connectivity index (χ3v) is 10.8. The SMILES string of the molecule is Cn1c(=O)n(C2CCC(=O)NC2=O)c2cccc(C3CN(C[C@H]4CC[C@H](n5cc6cc(NC(=O)c7cccc(C(F)(F)F)n7)ccc6n5)CC4)C3)c21. The molecule has 5 heterocycles. The minimum atomic E-state index is -4.64. The second-order valence-electron chi connectivity index (χ2n) is 14.2. The van der Waals surface area contributed by atoms with Crippen LogP contribution in [-0.4, -0.2) is 66.2 Å². The van der Waals surface area contributed by atoms with Gasteiger partial charge in [-0.25, -0.2) is 9.78 Å². The highest BCUT2D eigenvalue weighted by atomic mass is 19.4. The topological polar surface area (TPSA) is 136 Å². The van der Waals surface area contributed by atoms with E-state index in [0.717, 1.165) is 85.0 Å². The number of aromatic nitrogens is 5. The standard InChI is InChI=1S/C37H37F3N8O4/c1-45-33-26(4-2-6-29(33)48(36(45)52)30-14-15-32(49)43-35(30)51)23-18-46(19-23)17-21-8-11-25(12-9-21)47-20-22-16-24(10-13-27(22)44-47)41-34(50)28-5-3-7-31(42-28)37(38,39)40/h2-7,10,13,16,20-21,23,25,30H,8-9,11-12,14-15,17-19H2,1H3,(H,41,50)(H,43,49,51)/t21-,25-,30?. The average Bonchev–Trinajstić information content (AvgIpc) is 3.64. The number of carbonyl (C=O) groups excluding carboxylic acids is 3. The first-order valence-corrected chi connectivity index (χ1v) is 17.5. The van der Waals surface area contributed by atoms with Gasteiger partial charge in [-0.05, 0) is 80.0 Å². The van der Waals surface area contributed by atoms with Crippen LogP contribution in [0.1, 0.15) is 78.3 Å². The van der Waals surface area contributed by atoms with E-state index in [-0.39, 0.29) is 35.7 Å². The van der Waals surface area contributed by atoms with E-state index < -0.39 is 29.7 Å². The van der Waals surface area contributed by atoms with E-state index in [4.69, 9.17) is 5.10 Å². The third kappa shape index (κ3) is 6.26. The second-order valence-corrected chi connectivity index (χ2v) is 14.2. The van der Waals surface area contributed by atoms with Gasteiger partial charge in [-0.15, -0.1) is 0 Å². The summed E-state index contributed by atoms with van der Waals surface area (Å²) in [5, 5.41) is 10.6. The number of hydrogen-bond acceptors (Lipinski definition) is 7. The van der Waals surface area contributed by atoms with E-state index >= 15 is 0 Å². The maximum atomic E-state index is 13.3. The number of likely N-dealkylation sites (tertiary alicyclic amines) is 1. The van der Waals surface area contributed by atoms with Gasteiger partial charge in [0.1, 0.15) is 17.4 Å². The minimum absolute atomic E-state index is 0.203. The molecule has 3 amide bonds. The summed E-state index contributed by atoms with van der Waals surface area (Å²) in [4.78, 5) is 56.3. The molecule has 1 saturated carbocycles. The molecule has 3 aliphatic rings. The number of benzene rings is 2. The molecule has 270 valence electrons. The Labute approximate surface area is 295 Å². The van der Waals surface area contributed by atoms with E-state index in [1.54, 1.807) is 29.8 Å². The van der Waals surface area contributed by atoms with Gasteiger partial charge in [-0.1, -0.05) is 18.2 Å². The number of pyridine rings is 1. The highest BCUT2D eigenvalue weighted by Gasteiger charge is 2.36. The van der Waals surface area contributed by atoms with E-state index in [2.05, 4.69) is 26.6 Å². The molecular weight excluding hydrogens is 677 g/mol. The van der Waals surface area contributed by atoms with Crippen molar-refractivity contribution in [2.24, 2.45) is 13.0 Å². The number of piperidine rings is 1. The summed E-state index contributed by atoms with van der Waals surface area (Å²) >= 11 is 0. The van der Waals surface area contributed by atoms with Gasteiger partial charge < -0.3 is 10.2 Å². The molecule has 2 saturated heterocycles. The number of halogens is 3. The molecule has 1 atom stereocenters. The smallest absolute Gasteiger partial charge is 0.321 e. The van der Waals surface area contributed by atoms with Crippen molar-refractivity contribution in [3.63, 3.8) is 0 Å². The Morgan fingerprint density at radius 2 is 1.75 bits per heavy atom. The van der Waals surface area contributed by atoms with Crippen molar-refractivity contribution in [3.05, 3.63) is 88.2 Å². The monoisotopic (exact) mass is 714 g/mol. The number of amides is 3. The second kappa shape index (κ2) is 13.0. The minimum Gasteiger partial charge on any atom is -0.321 e. The summed E-state index contributed by atoms with van der Waals surface area (Å²) in [6.07, 6.45) is 1.91. The number of hydrogen-bond donors (Lipinski definition) is 2. The van der Waals surface area contributed by atoms with Crippen molar-refractivity contribution < 1.29 is 27.6 Å². The lowest BCUT2D eigenvalue weighted by Crippen LogP contribution is -2.47. The van der Waals surface area contributed by atoms with Gasteiger partial charge in [0.2, 0.25) is 11.8 Å². The van der Waals surface area contributed by atoms with Gasteiger partial charge in [0.05, 0.1) is 22.6 Å². The van der Waals surface area contributed by atoms with Crippen LogP contribution < -0.4 is 16.3 Å². The first-order chi connectivity index (χ1) is 24.9. The molecule has 0 bridgehead atoms. The zero-order chi connectivity index (χ0) is 36.3. The summed E-state index contributed by atoms with van der Waals surface area (Å²) < 4.78 is 44.3. The Hall–Kier alpha value is -5.31. The lowest BCUT2D eigenvalue weighted by molar-refractivity contribution is -0.141. The van der Waals surface area contributed by atoms with Crippen LogP contribution in [0.15, 0.2) is 65.6 Å². The molecule has 12 nitrogen and oxygen atoms in total. The summed E-state index contributed by atoms with van der Waals surface area (Å²) in [5.74, 6) is -0.642. The van der Waals surface area contributed by atoms with Crippen LogP contribution in [0.3, 0.4) is 0 Å². The number of nitrogens with one attached hydrogen (secondary N) is 2. The van der Waals surface area contributed by atoms with E-state index in [1.165, 1.54) is 10.6 Å². The molecular formula is C37H37F3N8O4. The van der Waals surface area contributed by atoms with Crippen molar-refractivity contribution in [3.8, 4) is 0 Å². The first kappa shape index (κ1) is 33.8. The van der Waals surface area contributed by atoms with E-state index in [0.29, 0.717) is 18.0 Å². The van der Waals surface area contributed by atoms with Crippen molar-refractivity contribution in [2.45, 2.75) is 62.7 Å². The molecule has 1 unspecified atom stereocenters. The normalized spacial score (nSPS) is 21.7. The molecule has 3 aromatic heterocycles. The lowest BCUT2D eigenvalue weighted by Gasteiger charge is -2.43. The van der Waals surface area contributed by atoms with Crippen LogP contribution in [0, 0.1) is 5.92 Å². The molecule has 52 heavy (non-hydrogen) atoms. The molecule has 2 aromatic carbocycles. The predicted molar refractivity (Wildman–Crippen MR) is 186 cm³/mol. The third-order valence-electron chi connectivity index (χ3n) is 10.8. The molecule has 3 fully saturated rings. The fraction of sp³-hybridized carbons (Fsp3) is 0.405. The summed E-state index contributed by atoms with van der Waals surface area (Å²) in [6, 6.07) is 13.9. The van der Waals surface area contributed by atoms with Gasteiger partial charge in [-0.2, -0.15) is 18.3 Å². The highest BCUT2D eigenvalue weighted by molar-refractivity contribution is 6.04. The van der Waals surface area contributed by atoms with Crippen LogP contribution >= 0.6 is 0 Å². The maximum Gasteiger partial charge on any atom is 0.433 e. The van der Waals surface area contributed by atoms with E-state index in [1.807, 2.05) is 23.0 Å². The number of rotatable bonds is 7. The van der Waals surface area contributed by atoms with Crippen LogP contribution in [-0.2, 0) is 22.8 Å². The Morgan fingerprint density at radius 3 is 2.50 bits per heavy atom. The molecule has 15 heteroatoms. The van der Waals surface area contributed by atoms with Gasteiger partial charge in [-0.3, -0.25) is 33.5 Å². The summed E-state index contributed by atoms with van der Waals surface area (Å²) in [6.45, 7) is 2.79. The van der Waals surface area contributed by atoms with Crippen molar-refractivity contribution in [1.29, 1.82) is 0 Å². The summed E-state index contributed by atoms with van der Waals surface area (Å²) in [7, 11) is 1.74. The van der Waals surface area contributed by atoms with Crippen LogP contribution in [0.5, 0.6) is 0 Å². The van der Waals surface area contributed by atoms with Crippen LogP contribution in [0.2, 0.25) is 0 Å². The Bertz CT molecular complexity index is 2280.